The minimum absolute atomic E-state index is 0.162. The Balaban J connectivity index is 1.26. The first-order chi connectivity index (χ1) is 14.3. The predicted octanol–water partition coefficient (Wildman–Crippen LogP) is 4.15. The molecule has 2 aliphatic heterocycles. The number of piperidine rings is 1. The number of piperazine rings is 1. The summed E-state index contributed by atoms with van der Waals surface area (Å²) >= 11 is 0. The molecule has 0 radical (unpaired) electrons. The van der Waals surface area contributed by atoms with Crippen LogP contribution in [0.25, 0.3) is 6.08 Å². The van der Waals surface area contributed by atoms with Crippen LogP contribution in [0.15, 0.2) is 60.7 Å². The highest BCUT2D eigenvalue weighted by Gasteiger charge is 2.21. The molecule has 0 saturated carbocycles. The van der Waals surface area contributed by atoms with Gasteiger partial charge >= 0.3 is 0 Å². The fourth-order valence-corrected chi connectivity index (χ4v) is 4.19. The maximum Gasteiger partial charge on any atom is 0.253 e. The van der Waals surface area contributed by atoms with Gasteiger partial charge in [-0.3, -0.25) is 9.69 Å². The summed E-state index contributed by atoms with van der Waals surface area (Å²) in [5.41, 5.74) is 3.29. The molecular weight excluding hydrogens is 358 g/mol. The van der Waals surface area contributed by atoms with Gasteiger partial charge in [0.1, 0.15) is 0 Å². The van der Waals surface area contributed by atoms with Gasteiger partial charge in [-0.1, -0.05) is 42.5 Å². The van der Waals surface area contributed by atoms with E-state index in [4.69, 9.17) is 0 Å². The second-order valence-electron chi connectivity index (χ2n) is 8.00. The van der Waals surface area contributed by atoms with Gasteiger partial charge in [-0.2, -0.15) is 0 Å². The van der Waals surface area contributed by atoms with E-state index in [1.54, 1.807) is 0 Å². The first kappa shape index (κ1) is 19.7. The number of rotatable bonds is 5. The van der Waals surface area contributed by atoms with E-state index in [9.17, 15) is 4.79 Å². The molecule has 2 aromatic carbocycles. The summed E-state index contributed by atoms with van der Waals surface area (Å²) in [5.74, 6) is 0.162. The van der Waals surface area contributed by atoms with Gasteiger partial charge in [0.25, 0.3) is 5.91 Å². The van der Waals surface area contributed by atoms with Gasteiger partial charge in [-0.05, 0) is 49.1 Å². The molecule has 4 rings (SSSR count). The van der Waals surface area contributed by atoms with Crippen LogP contribution in [0.2, 0.25) is 0 Å². The molecule has 4 nitrogen and oxygen atoms in total. The van der Waals surface area contributed by atoms with E-state index in [2.05, 4.69) is 58.4 Å². The van der Waals surface area contributed by atoms with Crippen molar-refractivity contribution >= 4 is 17.7 Å². The summed E-state index contributed by atoms with van der Waals surface area (Å²) in [6.45, 7) is 6.65. The van der Waals surface area contributed by atoms with E-state index in [0.29, 0.717) is 0 Å². The highest BCUT2D eigenvalue weighted by molar-refractivity contribution is 5.94. The Labute approximate surface area is 174 Å². The summed E-state index contributed by atoms with van der Waals surface area (Å²) in [5, 5.41) is 0. The Morgan fingerprint density at radius 1 is 0.793 bits per heavy atom. The minimum atomic E-state index is 0.162. The number of amides is 1. The lowest BCUT2D eigenvalue weighted by atomic mass is 10.1. The second kappa shape index (κ2) is 9.75. The molecule has 2 saturated heterocycles. The molecule has 2 fully saturated rings. The maximum absolute atomic E-state index is 12.9. The Morgan fingerprint density at radius 3 is 2.17 bits per heavy atom. The van der Waals surface area contributed by atoms with Gasteiger partial charge in [0, 0.05) is 57.1 Å². The molecule has 0 aliphatic carbocycles. The molecule has 0 spiro atoms. The first-order valence-corrected chi connectivity index (χ1v) is 10.9. The topological polar surface area (TPSA) is 26.8 Å². The monoisotopic (exact) mass is 389 g/mol. The van der Waals surface area contributed by atoms with Crippen LogP contribution in [0.5, 0.6) is 0 Å². The zero-order valence-electron chi connectivity index (χ0n) is 17.2. The Hall–Kier alpha value is -2.59. The smallest absolute Gasteiger partial charge is 0.253 e. The van der Waals surface area contributed by atoms with Crippen LogP contribution >= 0.6 is 0 Å². The van der Waals surface area contributed by atoms with Crippen LogP contribution in [0.3, 0.4) is 0 Å². The van der Waals surface area contributed by atoms with E-state index >= 15 is 0 Å². The highest BCUT2D eigenvalue weighted by Crippen LogP contribution is 2.21. The second-order valence-corrected chi connectivity index (χ2v) is 8.00. The van der Waals surface area contributed by atoms with Crippen LogP contribution in [0, 0.1) is 0 Å². The number of benzene rings is 2. The molecule has 0 bridgehead atoms. The largest absolute Gasteiger partial charge is 0.372 e. The van der Waals surface area contributed by atoms with Crippen molar-refractivity contribution in [3.05, 3.63) is 71.8 Å². The summed E-state index contributed by atoms with van der Waals surface area (Å²) in [7, 11) is 0. The van der Waals surface area contributed by atoms with Crippen LogP contribution in [0.1, 0.15) is 35.2 Å². The maximum atomic E-state index is 12.9. The molecular formula is C25H31N3O. The SMILES string of the molecule is O=C(c1ccc(N2CCCCC2)cc1)N1CCN(C/C=C/c2ccccc2)CC1. The fourth-order valence-electron chi connectivity index (χ4n) is 4.19. The number of carbonyl (C=O) groups excluding carboxylic acids is 1. The average molecular weight is 390 g/mol. The van der Waals surface area contributed by atoms with E-state index in [1.165, 1.54) is 30.5 Å². The number of carbonyl (C=O) groups is 1. The molecule has 29 heavy (non-hydrogen) atoms. The van der Waals surface area contributed by atoms with Gasteiger partial charge < -0.3 is 9.80 Å². The first-order valence-electron chi connectivity index (χ1n) is 10.9. The Kier molecular flexibility index (Phi) is 6.63. The third kappa shape index (κ3) is 5.27. The van der Waals surface area contributed by atoms with E-state index in [-0.39, 0.29) is 5.91 Å². The Morgan fingerprint density at radius 2 is 1.48 bits per heavy atom. The van der Waals surface area contributed by atoms with Crippen LogP contribution < -0.4 is 4.90 Å². The van der Waals surface area contributed by atoms with Crippen LogP contribution in [0.4, 0.5) is 5.69 Å². The number of hydrogen-bond donors (Lipinski definition) is 0. The summed E-state index contributed by atoms with van der Waals surface area (Å²) in [4.78, 5) is 19.7. The molecule has 0 atom stereocenters. The third-order valence-electron chi connectivity index (χ3n) is 5.97. The van der Waals surface area contributed by atoms with Gasteiger partial charge in [-0.15, -0.1) is 0 Å². The Bertz CT molecular complexity index is 802. The quantitative estimate of drug-likeness (QED) is 0.769. The average Bonchev–Trinajstić information content (AvgIpc) is 2.80. The zero-order chi connectivity index (χ0) is 19.9. The van der Waals surface area contributed by atoms with Crippen molar-refractivity contribution in [3.8, 4) is 0 Å². The molecule has 4 heteroatoms. The lowest BCUT2D eigenvalue weighted by molar-refractivity contribution is 0.0650. The fraction of sp³-hybridized carbons (Fsp3) is 0.400. The van der Waals surface area contributed by atoms with Crippen molar-refractivity contribution in [2.75, 3.05) is 50.7 Å². The minimum Gasteiger partial charge on any atom is -0.372 e. The van der Waals surface area contributed by atoms with Crippen molar-refractivity contribution in [3.63, 3.8) is 0 Å². The van der Waals surface area contributed by atoms with Crippen LogP contribution in [-0.4, -0.2) is 61.5 Å². The van der Waals surface area contributed by atoms with Gasteiger partial charge in [0.05, 0.1) is 0 Å². The van der Waals surface area contributed by atoms with Crippen LogP contribution in [-0.2, 0) is 0 Å². The van der Waals surface area contributed by atoms with E-state index in [1.807, 2.05) is 23.1 Å². The third-order valence-corrected chi connectivity index (χ3v) is 5.97. The zero-order valence-corrected chi connectivity index (χ0v) is 17.2. The lowest BCUT2D eigenvalue weighted by Crippen LogP contribution is -2.48. The van der Waals surface area contributed by atoms with Gasteiger partial charge in [0.2, 0.25) is 0 Å². The number of anilines is 1. The summed E-state index contributed by atoms with van der Waals surface area (Å²) in [6.07, 6.45) is 8.26. The van der Waals surface area contributed by atoms with Crippen molar-refractivity contribution in [2.45, 2.75) is 19.3 Å². The standard InChI is InChI=1S/C25H31N3O/c29-25(23-11-13-24(14-12-23)27-16-5-2-6-17-27)28-20-18-26(19-21-28)15-7-10-22-8-3-1-4-9-22/h1,3-4,7-14H,2,5-6,15-21H2/b10-7+. The van der Waals surface area contributed by atoms with Crippen molar-refractivity contribution in [1.82, 2.24) is 9.80 Å². The van der Waals surface area contributed by atoms with Crippen molar-refractivity contribution < 1.29 is 4.79 Å². The molecule has 2 heterocycles. The van der Waals surface area contributed by atoms with E-state index in [0.717, 1.165) is 51.4 Å². The summed E-state index contributed by atoms with van der Waals surface area (Å²) < 4.78 is 0. The van der Waals surface area contributed by atoms with E-state index < -0.39 is 0 Å². The molecule has 152 valence electrons. The molecule has 1 amide bonds. The summed E-state index contributed by atoms with van der Waals surface area (Å²) in [6, 6.07) is 18.6. The number of nitrogens with zero attached hydrogens (tertiary/aromatic N) is 3. The molecule has 2 aromatic rings. The lowest BCUT2D eigenvalue weighted by Gasteiger charge is -2.34. The van der Waals surface area contributed by atoms with Crippen molar-refractivity contribution in [1.29, 1.82) is 0 Å². The molecule has 0 N–H and O–H groups in total. The normalized spacial score (nSPS) is 18.3. The predicted molar refractivity (Wildman–Crippen MR) is 120 cm³/mol. The molecule has 2 aliphatic rings. The van der Waals surface area contributed by atoms with Gasteiger partial charge in [0.15, 0.2) is 0 Å². The highest BCUT2D eigenvalue weighted by atomic mass is 16.2. The molecule has 0 unspecified atom stereocenters. The van der Waals surface area contributed by atoms with Gasteiger partial charge in [-0.25, -0.2) is 0 Å². The van der Waals surface area contributed by atoms with Crippen molar-refractivity contribution in [2.24, 2.45) is 0 Å². The number of hydrogen-bond acceptors (Lipinski definition) is 3. The molecule has 0 aromatic heterocycles.